The van der Waals surface area contributed by atoms with Gasteiger partial charge in [0.05, 0.1) is 0 Å². The van der Waals surface area contributed by atoms with Gasteiger partial charge in [-0.2, -0.15) is 0 Å². The van der Waals surface area contributed by atoms with Gasteiger partial charge < -0.3 is 25.6 Å². The van der Waals surface area contributed by atoms with Crippen molar-refractivity contribution < 1.29 is 29.3 Å². The fourth-order valence-electron chi connectivity index (χ4n) is 4.17. The van der Waals surface area contributed by atoms with Gasteiger partial charge in [-0.3, -0.25) is 9.59 Å². The van der Waals surface area contributed by atoms with Gasteiger partial charge in [0.15, 0.2) is 0 Å². The first-order valence-electron chi connectivity index (χ1n) is 9.63. The second-order valence-electron chi connectivity index (χ2n) is 7.94. The van der Waals surface area contributed by atoms with E-state index in [-0.39, 0.29) is 17.0 Å². The second kappa shape index (κ2) is 6.56. The number of benzene rings is 2. The molecule has 8 nitrogen and oxygen atoms in total. The molecule has 1 aliphatic heterocycles. The number of carbonyl (C=O) groups excluding carboxylic acids is 2. The highest BCUT2D eigenvalue weighted by Gasteiger charge is 2.71. The van der Waals surface area contributed by atoms with Crippen molar-refractivity contribution in [1.82, 2.24) is 10.6 Å². The van der Waals surface area contributed by atoms with Gasteiger partial charge >= 0.3 is 6.09 Å². The smallest absolute Gasteiger partial charge is 0.405 e. The number of fused-ring (bicyclic) bond motifs is 5. The minimum absolute atomic E-state index is 0.183. The summed E-state index contributed by atoms with van der Waals surface area (Å²) in [6, 6.07) is 10.6. The summed E-state index contributed by atoms with van der Waals surface area (Å²) in [5.41, 5.74) is -0.173. The highest BCUT2D eigenvalue weighted by molar-refractivity contribution is 6.12. The zero-order chi connectivity index (χ0) is 21.8. The monoisotopic (exact) mass is 410 g/mol. The van der Waals surface area contributed by atoms with Crippen LogP contribution in [0, 0.1) is 0 Å². The van der Waals surface area contributed by atoms with Crippen LogP contribution in [0.15, 0.2) is 42.5 Å². The van der Waals surface area contributed by atoms with E-state index in [2.05, 4.69) is 10.6 Å². The molecule has 0 saturated heterocycles. The maximum atomic E-state index is 13.6. The van der Waals surface area contributed by atoms with E-state index in [4.69, 9.17) is 9.84 Å². The van der Waals surface area contributed by atoms with Crippen LogP contribution in [0.4, 0.5) is 4.79 Å². The van der Waals surface area contributed by atoms with Crippen molar-refractivity contribution in [3.8, 4) is 5.75 Å². The van der Waals surface area contributed by atoms with E-state index in [9.17, 15) is 19.5 Å². The van der Waals surface area contributed by atoms with Crippen LogP contribution < -0.4 is 15.4 Å². The summed E-state index contributed by atoms with van der Waals surface area (Å²) in [4.78, 5) is 37.4. The van der Waals surface area contributed by atoms with Crippen molar-refractivity contribution in [3.63, 3.8) is 0 Å². The Morgan fingerprint density at radius 2 is 1.77 bits per heavy atom. The van der Waals surface area contributed by atoms with Crippen molar-refractivity contribution in [1.29, 1.82) is 0 Å². The van der Waals surface area contributed by atoms with Gasteiger partial charge in [-0.05, 0) is 24.5 Å². The Morgan fingerprint density at radius 1 is 1.07 bits per heavy atom. The molecule has 3 atom stereocenters. The highest BCUT2D eigenvalue weighted by Crippen LogP contribution is 2.58. The lowest BCUT2D eigenvalue weighted by Crippen LogP contribution is -2.62. The quantitative estimate of drug-likeness (QED) is 0.613. The number of carboxylic acid groups (broad SMARTS) is 1. The normalized spacial score (nSPS) is 24.5. The molecule has 8 heteroatoms. The molecule has 0 saturated carbocycles. The third kappa shape index (κ3) is 2.53. The van der Waals surface area contributed by atoms with Crippen LogP contribution in [0.25, 0.3) is 0 Å². The molecule has 0 spiro atoms. The molecule has 2 aliphatic rings. The molecule has 1 heterocycles. The number of amides is 2. The van der Waals surface area contributed by atoms with E-state index < -0.39 is 35.2 Å². The number of ether oxygens (including phenoxy) is 1. The molecule has 2 amide bonds. The van der Waals surface area contributed by atoms with E-state index in [1.807, 2.05) is 19.9 Å². The summed E-state index contributed by atoms with van der Waals surface area (Å²) in [6.07, 6.45) is -1.38. The summed E-state index contributed by atoms with van der Waals surface area (Å²) in [5, 5.41) is 25.3. The molecule has 0 aromatic heterocycles. The molecule has 4 N–H and O–H groups in total. The van der Waals surface area contributed by atoms with Gasteiger partial charge in [0.25, 0.3) is 5.79 Å². The number of hydrogen-bond acceptors (Lipinski definition) is 5. The summed E-state index contributed by atoms with van der Waals surface area (Å²) in [7, 11) is 0. The first-order valence-corrected chi connectivity index (χ1v) is 9.63. The molecular weight excluding hydrogens is 388 g/mol. The fraction of sp³-hybridized carbons (Fsp3) is 0.318. The molecule has 2 aromatic carbocycles. The zero-order valence-corrected chi connectivity index (χ0v) is 16.7. The summed E-state index contributed by atoms with van der Waals surface area (Å²) in [5.74, 6) is -2.96. The molecule has 156 valence electrons. The Morgan fingerprint density at radius 3 is 2.43 bits per heavy atom. The SMILES string of the molecule is CC(NC(=O)O)C(=O)NC12C(=O)c3ccccc3C1(O)Oc1cc(C(C)C)ccc12. The first kappa shape index (κ1) is 19.9. The Labute approximate surface area is 172 Å². The van der Waals surface area contributed by atoms with Crippen LogP contribution in [0.1, 0.15) is 53.7 Å². The van der Waals surface area contributed by atoms with E-state index in [0.29, 0.717) is 11.3 Å². The summed E-state index contributed by atoms with van der Waals surface area (Å²) < 4.78 is 5.95. The Balaban J connectivity index is 1.89. The molecule has 0 bridgehead atoms. The van der Waals surface area contributed by atoms with Crippen LogP contribution in [-0.2, 0) is 16.1 Å². The van der Waals surface area contributed by atoms with Crippen LogP contribution in [0.5, 0.6) is 5.75 Å². The summed E-state index contributed by atoms with van der Waals surface area (Å²) in [6.45, 7) is 5.36. The molecule has 1 aliphatic carbocycles. The molecule has 0 radical (unpaired) electrons. The van der Waals surface area contributed by atoms with Crippen molar-refractivity contribution in [2.24, 2.45) is 0 Å². The van der Waals surface area contributed by atoms with Crippen LogP contribution in [-0.4, -0.2) is 34.0 Å². The Kier molecular flexibility index (Phi) is 4.36. The second-order valence-corrected chi connectivity index (χ2v) is 7.94. The fourth-order valence-corrected chi connectivity index (χ4v) is 4.17. The van der Waals surface area contributed by atoms with Gasteiger partial charge in [-0.25, -0.2) is 4.79 Å². The predicted octanol–water partition coefficient (Wildman–Crippen LogP) is 2.21. The van der Waals surface area contributed by atoms with Crippen molar-refractivity contribution in [2.75, 3.05) is 0 Å². The Bertz CT molecular complexity index is 1080. The molecule has 3 unspecified atom stereocenters. The van der Waals surface area contributed by atoms with E-state index in [1.165, 1.54) is 6.92 Å². The predicted molar refractivity (Wildman–Crippen MR) is 106 cm³/mol. The minimum atomic E-state index is -2.16. The third-order valence-electron chi connectivity index (χ3n) is 5.76. The lowest BCUT2D eigenvalue weighted by molar-refractivity contribution is -0.175. The lowest BCUT2D eigenvalue weighted by Gasteiger charge is -2.35. The van der Waals surface area contributed by atoms with Gasteiger partial charge in [0.1, 0.15) is 11.8 Å². The average Bonchev–Trinajstić information content (AvgIpc) is 3.04. The Hall–Kier alpha value is -3.39. The maximum absolute atomic E-state index is 13.6. The molecule has 0 fully saturated rings. The van der Waals surface area contributed by atoms with E-state index in [1.54, 1.807) is 36.4 Å². The van der Waals surface area contributed by atoms with E-state index >= 15 is 0 Å². The van der Waals surface area contributed by atoms with Gasteiger partial charge in [-0.1, -0.05) is 50.2 Å². The van der Waals surface area contributed by atoms with Gasteiger partial charge in [0, 0.05) is 16.7 Å². The standard InChI is InChI=1S/C22H22N2O6/c1-11(2)13-8-9-16-17(10-13)30-22(29)15-7-5-4-6-14(15)18(25)21(16,22)24-19(26)12(3)23-20(27)28/h4-12,23,29H,1-3H3,(H,24,26)(H,27,28). The highest BCUT2D eigenvalue weighted by atomic mass is 16.6. The maximum Gasteiger partial charge on any atom is 0.405 e. The van der Waals surface area contributed by atoms with Crippen LogP contribution in [0.2, 0.25) is 0 Å². The van der Waals surface area contributed by atoms with Crippen molar-refractivity contribution in [2.45, 2.75) is 44.1 Å². The lowest BCUT2D eigenvalue weighted by atomic mass is 9.82. The van der Waals surface area contributed by atoms with Crippen LogP contribution >= 0.6 is 0 Å². The molecular formula is C22H22N2O6. The zero-order valence-electron chi connectivity index (χ0n) is 16.7. The summed E-state index contributed by atoms with van der Waals surface area (Å²) >= 11 is 0. The first-order chi connectivity index (χ1) is 14.1. The van der Waals surface area contributed by atoms with Crippen molar-refractivity contribution >= 4 is 17.8 Å². The van der Waals surface area contributed by atoms with Crippen LogP contribution in [0.3, 0.4) is 0 Å². The largest absolute Gasteiger partial charge is 0.465 e. The minimum Gasteiger partial charge on any atom is -0.465 e. The molecule has 2 aromatic rings. The number of nitrogens with one attached hydrogen (secondary N) is 2. The topological polar surface area (TPSA) is 125 Å². The number of hydrogen-bond donors (Lipinski definition) is 4. The number of carbonyl (C=O) groups is 3. The van der Waals surface area contributed by atoms with Gasteiger partial charge in [0.2, 0.25) is 17.2 Å². The van der Waals surface area contributed by atoms with E-state index in [0.717, 1.165) is 5.56 Å². The average molecular weight is 410 g/mol. The number of rotatable bonds is 4. The third-order valence-corrected chi connectivity index (χ3v) is 5.76. The van der Waals surface area contributed by atoms with Gasteiger partial charge in [-0.15, -0.1) is 0 Å². The van der Waals surface area contributed by atoms with Crippen molar-refractivity contribution in [3.05, 3.63) is 64.7 Å². The molecule has 4 rings (SSSR count). The number of Topliss-reactive ketones (excluding diaryl/α,β-unsaturated/α-hetero) is 1. The number of ketones is 1. The number of aliphatic hydroxyl groups is 1. The molecule has 30 heavy (non-hydrogen) atoms.